The van der Waals surface area contributed by atoms with Crippen LogP contribution < -0.4 is 10.6 Å². The third-order valence-corrected chi connectivity index (χ3v) is 5.80. The highest BCUT2D eigenvalue weighted by atomic mass is 32.1. The Morgan fingerprint density at radius 1 is 1.17 bits per heavy atom. The highest BCUT2D eigenvalue weighted by molar-refractivity contribution is 7.13. The summed E-state index contributed by atoms with van der Waals surface area (Å²) < 4.78 is 5.24. The summed E-state index contributed by atoms with van der Waals surface area (Å²) in [5.41, 5.74) is 0.714. The fourth-order valence-electron chi connectivity index (χ4n) is 3.25. The molecule has 4 rings (SSSR count). The van der Waals surface area contributed by atoms with Crippen LogP contribution in [0.1, 0.15) is 39.3 Å². The Hall–Kier alpha value is -3.20. The average molecular weight is 411 g/mol. The van der Waals surface area contributed by atoms with Gasteiger partial charge in [0.2, 0.25) is 5.01 Å². The van der Waals surface area contributed by atoms with E-state index in [9.17, 15) is 9.59 Å². The van der Waals surface area contributed by atoms with Crippen molar-refractivity contribution in [1.29, 1.82) is 0 Å². The summed E-state index contributed by atoms with van der Waals surface area (Å²) in [5.74, 6) is 0.516. The Kier molecular flexibility index (Phi) is 5.85. The minimum absolute atomic E-state index is 0.0777. The Morgan fingerprint density at radius 2 is 2.03 bits per heavy atom. The molecule has 1 aromatic carbocycles. The first-order valence-electron chi connectivity index (χ1n) is 9.44. The van der Waals surface area contributed by atoms with Crippen LogP contribution in [0.3, 0.4) is 0 Å². The second-order valence-electron chi connectivity index (χ2n) is 6.79. The van der Waals surface area contributed by atoms with Gasteiger partial charge in [0.05, 0.1) is 12.8 Å². The van der Waals surface area contributed by atoms with E-state index in [0.29, 0.717) is 36.1 Å². The minimum atomic E-state index is -0.274. The molecule has 1 atom stereocenters. The van der Waals surface area contributed by atoms with Crippen LogP contribution in [0.2, 0.25) is 0 Å². The molecule has 1 aliphatic heterocycles. The number of aromatic nitrogens is 2. The number of hydrogen-bond donors (Lipinski definition) is 2. The van der Waals surface area contributed by atoms with E-state index in [1.54, 1.807) is 17.2 Å². The predicted molar refractivity (Wildman–Crippen MR) is 109 cm³/mol. The summed E-state index contributed by atoms with van der Waals surface area (Å²) in [7, 11) is 0. The lowest BCUT2D eigenvalue weighted by atomic mass is 9.99. The van der Waals surface area contributed by atoms with Gasteiger partial charge in [0.15, 0.2) is 0 Å². The third-order valence-electron chi connectivity index (χ3n) is 4.72. The van der Waals surface area contributed by atoms with Crippen molar-refractivity contribution in [3.05, 3.63) is 64.5 Å². The SMILES string of the molecule is O=C(Nc1ccccc1)c1nnc([C@@H]2CCCN(C(=O)NCc3ccco3)C2)s1. The highest BCUT2D eigenvalue weighted by Gasteiger charge is 2.28. The maximum atomic E-state index is 12.5. The number of anilines is 1. The van der Waals surface area contributed by atoms with Gasteiger partial charge in [-0.1, -0.05) is 29.5 Å². The second-order valence-corrected chi connectivity index (χ2v) is 7.80. The molecule has 0 saturated carbocycles. The lowest BCUT2D eigenvalue weighted by Crippen LogP contribution is -2.44. The molecule has 1 saturated heterocycles. The summed E-state index contributed by atoms with van der Waals surface area (Å²) in [4.78, 5) is 26.6. The standard InChI is InChI=1S/C20H21N5O3S/c26-17(22-15-7-2-1-3-8-15)19-24-23-18(29-19)14-6-4-10-25(13-14)20(27)21-12-16-9-5-11-28-16/h1-3,5,7-9,11,14H,4,6,10,12-13H2,(H,21,27)(H,22,26)/t14-/m1/s1. The number of amides is 3. The lowest BCUT2D eigenvalue weighted by molar-refractivity contribution is 0.102. The molecule has 1 fully saturated rings. The Bertz CT molecular complexity index is 958. The summed E-state index contributed by atoms with van der Waals surface area (Å²) in [6.45, 7) is 1.61. The first kappa shape index (κ1) is 19.1. The van der Waals surface area contributed by atoms with Gasteiger partial charge >= 0.3 is 6.03 Å². The van der Waals surface area contributed by atoms with Crippen molar-refractivity contribution >= 4 is 29.0 Å². The molecule has 9 heteroatoms. The molecule has 0 radical (unpaired) electrons. The molecular formula is C20H21N5O3S. The van der Waals surface area contributed by atoms with Gasteiger partial charge in [-0.2, -0.15) is 0 Å². The van der Waals surface area contributed by atoms with E-state index in [1.807, 2.05) is 36.4 Å². The molecule has 1 aliphatic rings. The van der Waals surface area contributed by atoms with Crippen LogP contribution in [-0.2, 0) is 6.54 Å². The number of carbonyl (C=O) groups excluding carboxylic acids is 2. The first-order valence-corrected chi connectivity index (χ1v) is 10.3. The zero-order valence-electron chi connectivity index (χ0n) is 15.7. The van der Waals surface area contributed by atoms with Gasteiger partial charge in [0, 0.05) is 24.7 Å². The molecule has 0 unspecified atom stereocenters. The summed E-state index contributed by atoms with van der Waals surface area (Å²) in [5, 5.41) is 15.1. The molecule has 0 aliphatic carbocycles. The Labute approximate surface area is 171 Å². The summed E-state index contributed by atoms with van der Waals surface area (Å²) in [6.07, 6.45) is 3.38. The number of rotatable bonds is 5. The van der Waals surface area contributed by atoms with E-state index in [0.717, 1.165) is 17.8 Å². The molecule has 2 aromatic heterocycles. The van der Waals surface area contributed by atoms with Gasteiger partial charge < -0.3 is 20.0 Å². The van der Waals surface area contributed by atoms with Crippen molar-refractivity contribution in [3.8, 4) is 0 Å². The van der Waals surface area contributed by atoms with E-state index in [4.69, 9.17) is 4.42 Å². The Morgan fingerprint density at radius 3 is 2.83 bits per heavy atom. The van der Waals surface area contributed by atoms with E-state index in [2.05, 4.69) is 20.8 Å². The molecule has 8 nitrogen and oxygen atoms in total. The molecule has 2 N–H and O–H groups in total. The zero-order chi connectivity index (χ0) is 20.1. The lowest BCUT2D eigenvalue weighted by Gasteiger charge is -2.31. The van der Waals surface area contributed by atoms with Crippen molar-refractivity contribution in [2.45, 2.75) is 25.3 Å². The maximum Gasteiger partial charge on any atom is 0.317 e. The van der Waals surface area contributed by atoms with Gasteiger partial charge in [-0.15, -0.1) is 10.2 Å². The van der Waals surface area contributed by atoms with Crippen molar-refractivity contribution in [3.63, 3.8) is 0 Å². The van der Waals surface area contributed by atoms with E-state index in [-0.39, 0.29) is 17.9 Å². The monoisotopic (exact) mass is 411 g/mol. The van der Waals surface area contributed by atoms with Gasteiger partial charge in [-0.3, -0.25) is 4.79 Å². The maximum absolute atomic E-state index is 12.5. The third kappa shape index (κ3) is 4.80. The van der Waals surface area contributed by atoms with Crippen LogP contribution in [0.15, 0.2) is 53.1 Å². The van der Waals surface area contributed by atoms with Gasteiger partial charge in [0.25, 0.3) is 5.91 Å². The van der Waals surface area contributed by atoms with Crippen LogP contribution >= 0.6 is 11.3 Å². The summed E-state index contributed by atoms with van der Waals surface area (Å²) >= 11 is 1.28. The molecule has 150 valence electrons. The average Bonchev–Trinajstić information content (AvgIpc) is 3.45. The number of nitrogens with zero attached hydrogens (tertiary/aromatic N) is 3. The van der Waals surface area contributed by atoms with Crippen molar-refractivity contribution in [2.75, 3.05) is 18.4 Å². The molecule has 0 spiro atoms. The van der Waals surface area contributed by atoms with Crippen molar-refractivity contribution < 1.29 is 14.0 Å². The smallest absolute Gasteiger partial charge is 0.317 e. The van der Waals surface area contributed by atoms with Gasteiger partial charge in [0.1, 0.15) is 10.8 Å². The van der Waals surface area contributed by atoms with Crippen molar-refractivity contribution in [2.24, 2.45) is 0 Å². The number of nitrogens with one attached hydrogen (secondary N) is 2. The summed E-state index contributed by atoms with van der Waals surface area (Å²) in [6, 6.07) is 12.7. The number of furan rings is 1. The van der Waals surface area contributed by atoms with E-state index >= 15 is 0 Å². The Balaban J connectivity index is 1.34. The van der Waals surface area contributed by atoms with Crippen LogP contribution in [0, 0.1) is 0 Å². The van der Waals surface area contributed by atoms with Gasteiger partial charge in [-0.05, 0) is 37.1 Å². The number of hydrogen-bond acceptors (Lipinski definition) is 6. The molecule has 0 bridgehead atoms. The molecule has 3 aromatic rings. The van der Waals surface area contributed by atoms with Crippen LogP contribution in [-0.4, -0.2) is 40.1 Å². The van der Waals surface area contributed by atoms with Gasteiger partial charge in [-0.25, -0.2) is 4.79 Å². The van der Waals surface area contributed by atoms with Crippen LogP contribution in [0.4, 0.5) is 10.5 Å². The van der Waals surface area contributed by atoms with Crippen molar-refractivity contribution in [1.82, 2.24) is 20.4 Å². The van der Waals surface area contributed by atoms with E-state index < -0.39 is 0 Å². The molecule has 29 heavy (non-hydrogen) atoms. The highest BCUT2D eigenvalue weighted by Crippen LogP contribution is 2.29. The van der Waals surface area contributed by atoms with Crippen LogP contribution in [0.5, 0.6) is 0 Å². The minimum Gasteiger partial charge on any atom is -0.467 e. The fraction of sp³-hybridized carbons (Fsp3) is 0.300. The molecular weight excluding hydrogens is 390 g/mol. The quantitative estimate of drug-likeness (QED) is 0.670. The number of urea groups is 1. The number of para-hydroxylation sites is 1. The van der Waals surface area contributed by atoms with E-state index in [1.165, 1.54) is 11.3 Å². The van der Waals surface area contributed by atoms with Crippen LogP contribution in [0.25, 0.3) is 0 Å². The number of piperidine rings is 1. The number of benzene rings is 1. The largest absolute Gasteiger partial charge is 0.467 e. The fourth-order valence-corrected chi connectivity index (χ4v) is 4.11. The molecule has 3 heterocycles. The topological polar surface area (TPSA) is 100 Å². The first-order chi connectivity index (χ1) is 14.2. The second kappa shape index (κ2) is 8.87. The number of carbonyl (C=O) groups is 2. The molecule has 3 amide bonds. The zero-order valence-corrected chi connectivity index (χ0v) is 16.5. The predicted octanol–water partition coefficient (Wildman–Crippen LogP) is 3.47. The number of likely N-dealkylation sites (tertiary alicyclic amines) is 1. The normalized spacial score (nSPS) is 16.4.